The maximum Gasteiger partial charge on any atom is 0.146 e. The first-order valence-electron chi connectivity index (χ1n) is 4.59. The Morgan fingerprint density at radius 3 is 2.75 bits per heavy atom. The van der Waals surface area contributed by atoms with Crippen molar-refractivity contribution >= 4 is 33.1 Å². The Bertz CT molecular complexity index is 516. The molecule has 3 nitrogen and oxygen atoms in total. The third-order valence-electron chi connectivity index (χ3n) is 1.99. The summed E-state index contributed by atoms with van der Waals surface area (Å²) in [5.41, 5.74) is 6.48. The molecule has 0 fully saturated rings. The van der Waals surface area contributed by atoms with Crippen LogP contribution in [0.3, 0.4) is 0 Å². The number of rotatable bonds is 2. The lowest BCUT2D eigenvalue weighted by molar-refractivity contribution is 0.632. The van der Waals surface area contributed by atoms with Crippen LogP contribution in [0.25, 0.3) is 0 Å². The van der Waals surface area contributed by atoms with Crippen LogP contribution in [0.2, 0.25) is 0 Å². The van der Waals surface area contributed by atoms with Gasteiger partial charge in [-0.05, 0) is 34.1 Å². The number of anilines is 3. The number of aromatic nitrogens is 1. The van der Waals surface area contributed by atoms with Crippen LogP contribution in [-0.4, -0.2) is 4.98 Å². The van der Waals surface area contributed by atoms with E-state index in [1.165, 1.54) is 12.3 Å². The van der Waals surface area contributed by atoms with Crippen molar-refractivity contribution in [3.63, 3.8) is 0 Å². The molecule has 82 valence electrons. The summed E-state index contributed by atoms with van der Waals surface area (Å²) in [4.78, 5) is 4.06. The first-order chi connectivity index (χ1) is 7.66. The fourth-order valence-corrected chi connectivity index (χ4v) is 1.70. The van der Waals surface area contributed by atoms with Gasteiger partial charge < -0.3 is 11.1 Å². The minimum absolute atomic E-state index is 0.326. The van der Waals surface area contributed by atoms with Gasteiger partial charge in [-0.1, -0.05) is 12.1 Å². The van der Waals surface area contributed by atoms with E-state index in [1.807, 2.05) is 0 Å². The van der Waals surface area contributed by atoms with Gasteiger partial charge in [0.05, 0.1) is 22.0 Å². The molecule has 0 radical (unpaired) electrons. The lowest BCUT2D eigenvalue weighted by Crippen LogP contribution is -1.98. The topological polar surface area (TPSA) is 50.9 Å². The number of nitrogens with zero attached hydrogens (tertiary/aromatic N) is 1. The Balaban J connectivity index is 2.31. The minimum Gasteiger partial charge on any atom is -0.397 e. The highest BCUT2D eigenvalue weighted by Gasteiger charge is 2.05. The Labute approximate surface area is 101 Å². The van der Waals surface area contributed by atoms with Crippen molar-refractivity contribution < 1.29 is 4.39 Å². The molecule has 0 saturated carbocycles. The third kappa shape index (κ3) is 2.30. The third-order valence-corrected chi connectivity index (χ3v) is 2.59. The molecule has 0 bridgehead atoms. The lowest BCUT2D eigenvalue weighted by atomic mass is 10.3. The molecule has 1 aromatic heterocycles. The van der Waals surface area contributed by atoms with Crippen LogP contribution < -0.4 is 11.1 Å². The van der Waals surface area contributed by atoms with E-state index in [2.05, 4.69) is 26.2 Å². The molecule has 2 aromatic rings. The number of para-hydroxylation sites is 1. The first-order valence-corrected chi connectivity index (χ1v) is 5.38. The number of hydrogen-bond acceptors (Lipinski definition) is 3. The van der Waals surface area contributed by atoms with Crippen LogP contribution in [0.1, 0.15) is 0 Å². The average molecular weight is 282 g/mol. The van der Waals surface area contributed by atoms with E-state index in [1.54, 1.807) is 24.3 Å². The van der Waals surface area contributed by atoms with E-state index < -0.39 is 0 Å². The van der Waals surface area contributed by atoms with Crippen LogP contribution >= 0.6 is 15.9 Å². The van der Waals surface area contributed by atoms with Crippen LogP contribution in [0.15, 0.2) is 41.0 Å². The second kappa shape index (κ2) is 4.49. The summed E-state index contributed by atoms with van der Waals surface area (Å²) < 4.78 is 14.0. The second-order valence-electron chi connectivity index (χ2n) is 3.20. The highest BCUT2D eigenvalue weighted by molar-refractivity contribution is 9.10. The van der Waals surface area contributed by atoms with E-state index >= 15 is 0 Å². The molecule has 0 saturated heterocycles. The molecule has 0 aliphatic carbocycles. The van der Waals surface area contributed by atoms with Gasteiger partial charge in [-0.2, -0.15) is 0 Å². The quantitative estimate of drug-likeness (QED) is 0.888. The summed E-state index contributed by atoms with van der Waals surface area (Å²) in [6, 6.07) is 8.10. The molecule has 0 unspecified atom stereocenters. The average Bonchev–Trinajstić information content (AvgIpc) is 2.25. The molecule has 0 aliphatic rings. The van der Waals surface area contributed by atoms with Crippen LogP contribution in [0.4, 0.5) is 21.6 Å². The summed E-state index contributed by atoms with van der Waals surface area (Å²) in [6.07, 6.45) is 1.51. The molecular formula is C11H9BrFN3. The molecule has 2 rings (SSSR count). The van der Waals surface area contributed by atoms with Crippen molar-refractivity contribution in [2.75, 3.05) is 11.1 Å². The lowest BCUT2D eigenvalue weighted by Gasteiger charge is -2.08. The van der Waals surface area contributed by atoms with Gasteiger partial charge in [0.25, 0.3) is 0 Å². The molecule has 0 aliphatic heterocycles. The van der Waals surface area contributed by atoms with E-state index in [4.69, 9.17) is 5.73 Å². The molecule has 0 atom stereocenters. The Hall–Kier alpha value is -1.62. The highest BCUT2D eigenvalue weighted by atomic mass is 79.9. The maximum absolute atomic E-state index is 13.4. The maximum atomic E-state index is 13.4. The summed E-state index contributed by atoms with van der Waals surface area (Å²) in [6.45, 7) is 0. The first kappa shape index (κ1) is 10.9. The largest absolute Gasteiger partial charge is 0.397 e. The van der Waals surface area contributed by atoms with Crippen molar-refractivity contribution in [3.05, 3.63) is 46.8 Å². The number of nitrogens with one attached hydrogen (secondary N) is 1. The number of nitrogens with two attached hydrogens (primary N) is 1. The van der Waals surface area contributed by atoms with Crippen molar-refractivity contribution in [3.8, 4) is 0 Å². The number of halogens is 2. The standard InChI is InChI=1S/C11H9BrFN3/c12-8-5-7(14)6-15-11(8)16-10-4-2-1-3-9(10)13/h1-6H,14H2,(H,15,16). The van der Waals surface area contributed by atoms with E-state index in [0.717, 1.165) is 0 Å². The van der Waals surface area contributed by atoms with Crippen molar-refractivity contribution in [1.29, 1.82) is 0 Å². The molecule has 1 heterocycles. The van der Waals surface area contributed by atoms with Gasteiger partial charge in [-0.15, -0.1) is 0 Å². The van der Waals surface area contributed by atoms with Crippen LogP contribution in [-0.2, 0) is 0 Å². The fraction of sp³-hybridized carbons (Fsp3) is 0. The monoisotopic (exact) mass is 281 g/mol. The van der Waals surface area contributed by atoms with Gasteiger partial charge in [-0.3, -0.25) is 0 Å². The van der Waals surface area contributed by atoms with Gasteiger partial charge in [0.1, 0.15) is 11.6 Å². The van der Waals surface area contributed by atoms with E-state index in [0.29, 0.717) is 21.7 Å². The zero-order valence-corrected chi connectivity index (χ0v) is 9.83. The normalized spacial score (nSPS) is 10.1. The molecule has 3 N–H and O–H groups in total. The van der Waals surface area contributed by atoms with Crippen LogP contribution in [0.5, 0.6) is 0 Å². The number of hydrogen-bond donors (Lipinski definition) is 2. The van der Waals surface area contributed by atoms with Gasteiger partial charge in [0, 0.05) is 0 Å². The molecule has 5 heteroatoms. The molecule has 1 aromatic carbocycles. The SMILES string of the molecule is Nc1cnc(Nc2ccccc2F)c(Br)c1. The Morgan fingerprint density at radius 2 is 2.06 bits per heavy atom. The number of pyridine rings is 1. The number of benzene rings is 1. The smallest absolute Gasteiger partial charge is 0.146 e. The predicted molar refractivity (Wildman–Crippen MR) is 66.0 cm³/mol. The second-order valence-corrected chi connectivity index (χ2v) is 4.06. The van der Waals surface area contributed by atoms with E-state index in [-0.39, 0.29) is 5.82 Å². The summed E-state index contributed by atoms with van der Waals surface area (Å²) in [5, 5.41) is 2.88. The Kier molecular flexibility index (Phi) is 3.05. The van der Waals surface area contributed by atoms with Crippen molar-refractivity contribution in [2.24, 2.45) is 0 Å². The summed E-state index contributed by atoms with van der Waals surface area (Å²) in [5.74, 6) is 0.201. The van der Waals surface area contributed by atoms with Crippen molar-refractivity contribution in [2.45, 2.75) is 0 Å². The Morgan fingerprint density at radius 1 is 1.31 bits per heavy atom. The minimum atomic E-state index is -0.326. The van der Waals surface area contributed by atoms with Gasteiger partial charge in [0.15, 0.2) is 0 Å². The van der Waals surface area contributed by atoms with Gasteiger partial charge in [-0.25, -0.2) is 9.37 Å². The zero-order chi connectivity index (χ0) is 11.5. The van der Waals surface area contributed by atoms with Gasteiger partial charge >= 0.3 is 0 Å². The molecule has 0 spiro atoms. The van der Waals surface area contributed by atoms with Crippen LogP contribution in [0, 0.1) is 5.82 Å². The molecule has 16 heavy (non-hydrogen) atoms. The number of nitrogen functional groups attached to an aromatic ring is 1. The summed E-state index contributed by atoms with van der Waals surface area (Å²) in [7, 11) is 0. The zero-order valence-electron chi connectivity index (χ0n) is 8.24. The fourth-order valence-electron chi connectivity index (χ4n) is 1.23. The predicted octanol–water partition coefficient (Wildman–Crippen LogP) is 3.31. The highest BCUT2D eigenvalue weighted by Crippen LogP contribution is 2.26. The van der Waals surface area contributed by atoms with Gasteiger partial charge in [0.2, 0.25) is 0 Å². The van der Waals surface area contributed by atoms with E-state index in [9.17, 15) is 4.39 Å². The molecule has 0 amide bonds. The summed E-state index contributed by atoms with van der Waals surface area (Å²) >= 11 is 3.30. The molecular weight excluding hydrogens is 273 g/mol. The van der Waals surface area contributed by atoms with Crippen molar-refractivity contribution in [1.82, 2.24) is 4.98 Å².